The van der Waals surface area contributed by atoms with Gasteiger partial charge in [-0.3, -0.25) is 0 Å². The molecule has 25 heavy (non-hydrogen) atoms. The fraction of sp³-hybridized carbons (Fsp3) is 0.316. The SMILES string of the molecule is Cc1nc2ccc(C(=O)O)nc2n1Cc1ccc(CC(C)C)cc1Cl. The summed E-state index contributed by atoms with van der Waals surface area (Å²) in [6.07, 6.45) is 0.983. The van der Waals surface area contributed by atoms with Crippen LogP contribution in [0.2, 0.25) is 5.02 Å². The zero-order chi connectivity index (χ0) is 18.1. The number of aryl methyl sites for hydroxylation is 1. The molecule has 0 radical (unpaired) electrons. The number of pyridine rings is 1. The summed E-state index contributed by atoms with van der Waals surface area (Å²) >= 11 is 6.47. The standard InChI is InChI=1S/C19H20ClN3O2/c1-11(2)8-13-4-5-14(15(20)9-13)10-23-12(3)21-16-6-7-17(19(24)25)22-18(16)23/h4-7,9,11H,8,10H2,1-3H3,(H,24,25). The number of nitrogens with zero attached hydrogens (tertiary/aromatic N) is 3. The molecule has 130 valence electrons. The van der Waals surface area contributed by atoms with E-state index in [0.717, 1.165) is 17.8 Å². The van der Waals surface area contributed by atoms with Gasteiger partial charge in [0.1, 0.15) is 11.3 Å². The minimum absolute atomic E-state index is 0.00651. The van der Waals surface area contributed by atoms with Crippen LogP contribution in [-0.4, -0.2) is 25.6 Å². The van der Waals surface area contributed by atoms with E-state index < -0.39 is 5.97 Å². The minimum atomic E-state index is -1.05. The number of hydrogen-bond acceptors (Lipinski definition) is 3. The summed E-state index contributed by atoms with van der Waals surface area (Å²) in [4.78, 5) is 19.9. The molecule has 6 heteroatoms. The van der Waals surface area contributed by atoms with Gasteiger partial charge in [-0.25, -0.2) is 14.8 Å². The maximum absolute atomic E-state index is 11.2. The van der Waals surface area contributed by atoms with Gasteiger partial charge in [-0.1, -0.05) is 37.6 Å². The quantitative estimate of drug-likeness (QED) is 0.737. The number of hydrogen-bond donors (Lipinski definition) is 1. The number of carboxylic acids is 1. The van der Waals surface area contributed by atoms with Crippen LogP contribution < -0.4 is 0 Å². The maximum Gasteiger partial charge on any atom is 0.354 e. The van der Waals surface area contributed by atoms with Gasteiger partial charge >= 0.3 is 5.97 Å². The Bertz CT molecular complexity index is 947. The Morgan fingerprint density at radius 3 is 2.64 bits per heavy atom. The summed E-state index contributed by atoms with van der Waals surface area (Å²) in [6.45, 7) is 6.73. The second-order valence-corrected chi connectivity index (χ2v) is 7.02. The lowest BCUT2D eigenvalue weighted by molar-refractivity contribution is 0.0691. The Morgan fingerprint density at radius 2 is 2.00 bits per heavy atom. The van der Waals surface area contributed by atoms with E-state index in [1.54, 1.807) is 6.07 Å². The van der Waals surface area contributed by atoms with Crippen LogP contribution in [0.1, 0.15) is 41.3 Å². The van der Waals surface area contributed by atoms with Gasteiger partial charge in [0.25, 0.3) is 0 Å². The van der Waals surface area contributed by atoms with Crippen LogP contribution in [0.5, 0.6) is 0 Å². The van der Waals surface area contributed by atoms with Crippen LogP contribution in [0.4, 0.5) is 0 Å². The largest absolute Gasteiger partial charge is 0.477 e. The molecular weight excluding hydrogens is 338 g/mol. The summed E-state index contributed by atoms with van der Waals surface area (Å²) in [5.41, 5.74) is 3.41. The second kappa shape index (κ2) is 6.84. The first kappa shape index (κ1) is 17.4. The normalized spacial score (nSPS) is 11.4. The summed E-state index contributed by atoms with van der Waals surface area (Å²) in [5.74, 6) is 0.288. The summed E-state index contributed by atoms with van der Waals surface area (Å²) in [5, 5.41) is 9.87. The zero-order valence-electron chi connectivity index (χ0n) is 14.5. The first-order valence-corrected chi connectivity index (χ1v) is 8.57. The molecular formula is C19H20ClN3O2. The molecule has 2 aromatic heterocycles. The van der Waals surface area contributed by atoms with Crippen molar-refractivity contribution in [1.82, 2.24) is 14.5 Å². The highest BCUT2D eigenvalue weighted by atomic mass is 35.5. The Labute approximate surface area is 151 Å². The van der Waals surface area contributed by atoms with Gasteiger partial charge in [-0.2, -0.15) is 0 Å². The van der Waals surface area contributed by atoms with E-state index in [2.05, 4.69) is 29.9 Å². The molecule has 0 spiro atoms. The Morgan fingerprint density at radius 1 is 1.24 bits per heavy atom. The maximum atomic E-state index is 11.2. The number of aromatic carboxylic acids is 1. The predicted octanol–water partition coefficient (Wildman–Crippen LogP) is 4.34. The highest BCUT2D eigenvalue weighted by molar-refractivity contribution is 6.31. The lowest BCUT2D eigenvalue weighted by Crippen LogP contribution is -2.06. The molecule has 0 amide bonds. The van der Waals surface area contributed by atoms with E-state index in [9.17, 15) is 4.79 Å². The van der Waals surface area contributed by atoms with Crippen molar-refractivity contribution in [2.75, 3.05) is 0 Å². The molecule has 3 rings (SSSR count). The van der Waals surface area contributed by atoms with Crippen molar-refractivity contribution >= 4 is 28.7 Å². The van der Waals surface area contributed by atoms with Gasteiger partial charge in [-0.05, 0) is 48.6 Å². The molecule has 0 aliphatic heterocycles. The topological polar surface area (TPSA) is 68.0 Å². The first-order valence-electron chi connectivity index (χ1n) is 8.19. The number of halogens is 1. The monoisotopic (exact) mass is 357 g/mol. The van der Waals surface area contributed by atoms with Gasteiger partial charge < -0.3 is 9.67 Å². The average Bonchev–Trinajstić information content (AvgIpc) is 2.84. The van der Waals surface area contributed by atoms with Crippen molar-refractivity contribution in [2.45, 2.75) is 33.7 Å². The third kappa shape index (κ3) is 3.66. The molecule has 0 saturated heterocycles. The lowest BCUT2D eigenvalue weighted by Gasteiger charge is -2.11. The van der Waals surface area contributed by atoms with Gasteiger partial charge in [-0.15, -0.1) is 0 Å². The van der Waals surface area contributed by atoms with Crippen LogP contribution in [-0.2, 0) is 13.0 Å². The molecule has 0 bridgehead atoms. The molecule has 0 aliphatic carbocycles. The minimum Gasteiger partial charge on any atom is -0.477 e. The van der Waals surface area contributed by atoms with E-state index in [-0.39, 0.29) is 5.69 Å². The number of benzene rings is 1. The van der Waals surface area contributed by atoms with E-state index in [0.29, 0.717) is 28.6 Å². The van der Waals surface area contributed by atoms with Crippen molar-refractivity contribution in [3.63, 3.8) is 0 Å². The van der Waals surface area contributed by atoms with Crippen LogP contribution in [0, 0.1) is 12.8 Å². The third-order valence-corrected chi connectivity index (χ3v) is 4.44. The van der Waals surface area contributed by atoms with Crippen molar-refractivity contribution in [3.05, 3.63) is 58.0 Å². The molecule has 0 unspecified atom stereocenters. The fourth-order valence-electron chi connectivity index (χ4n) is 2.91. The van der Waals surface area contributed by atoms with Gasteiger partial charge in [0, 0.05) is 5.02 Å². The summed E-state index contributed by atoms with van der Waals surface area (Å²) < 4.78 is 1.89. The predicted molar refractivity (Wildman–Crippen MR) is 98.3 cm³/mol. The molecule has 0 atom stereocenters. The van der Waals surface area contributed by atoms with Crippen molar-refractivity contribution in [1.29, 1.82) is 0 Å². The van der Waals surface area contributed by atoms with Crippen LogP contribution in [0.3, 0.4) is 0 Å². The number of aromatic nitrogens is 3. The number of fused-ring (bicyclic) bond motifs is 1. The molecule has 1 aromatic carbocycles. The Hall–Kier alpha value is -2.40. The molecule has 5 nitrogen and oxygen atoms in total. The summed E-state index contributed by atoms with van der Waals surface area (Å²) in [7, 11) is 0. The first-order chi connectivity index (χ1) is 11.8. The highest BCUT2D eigenvalue weighted by Crippen LogP contribution is 2.23. The second-order valence-electron chi connectivity index (χ2n) is 6.61. The van der Waals surface area contributed by atoms with Crippen LogP contribution >= 0.6 is 11.6 Å². The molecule has 0 saturated carbocycles. The Kier molecular flexibility index (Phi) is 4.77. The van der Waals surface area contributed by atoms with Crippen LogP contribution in [0.25, 0.3) is 11.2 Å². The highest BCUT2D eigenvalue weighted by Gasteiger charge is 2.14. The molecule has 0 fully saturated rings. The Balaban J connectivity index is 1.98. The van der Waals surface area contributed by atoms with Crippen molar-refractivity contribution in [2.24, 2.45) is 5.92 Å². The smallest absolute Gasteiger partial charge is 0.354 e. The molecule has 0 aliphatic rings. The van der Waals surface area contributed by atoms with Gasteiger partial charge in [0.15, 0.2) is 11.3 Å². The molecule has 2 heterocycles. The van der Waals surface area contributed by atoms with E-state index >= 15 is 0 Å². The number of rotatable bonds is 5. The average molecular weight is 358 g/mol. The van der Waals surface area contributed by atoms with E-state index in [1.807, 2.05) is 23.6 Å². The fourth-order valence-corrected chi connectivity index (χ4v) is 3.17. The number of carboxylic acid groups (broad SMARTS) is 1. The van der Waals surface area contributed by atoms with Crippen LogP contribution in [0.15, 0.2) is 30.3 Å². The zero-order valence-corrected chi connectivity index (χ0v) is 15.2. The van der Waals surface area contributed by atoms with Gasteiger partial charge in [0.2, 0.25) is 0 Å². The lowest BCUT2D eigenvalue weighted by atomic mass is 10.0. The summed E-state index contributed by atoms with van der Waals surface area (Å²) in [6, 6.07) is 9.26. The van der Waals surface area contributed by atoms with E-state index in [4.69, 9.17) is 16.7 Å². The molecule has 3 aromatic rings. The van der Waals surface area contributed by atoms with Gasteiger partial charge in [0.05, 0.1) is 6.54 Å². The number of imidazole rings is 1. The van der Waals surface area contributed by atoms with Crippen molar-refractivity contribution in [3.8, 4) is 0 Å². The van der Waals surface area contributed by atoms with Crippen molar-refractivity contribution < 1.29 is 9.90 Å². The molecule has 1 N–H and O–H groups in total. The number of carbonyl (C=O) groups is 1. The third-order valence-electron chi connectivity index (χ3n) is 4.09. The van der Waals surface area contributed by atoms with E-state index in [1.165, 1.54) is 11.6 Å².